The molecular weight excluding hydrogens is 1130 g/mol. The summed E-state index contributed by atoms with van der Waals surface area (Å²) in [4.78, 5) is 122. The van der Waals surface area contributed by atoms with E-state index in [2.05, 4.69) is 45.7 Å². The molecule has 85 heavy (non-hydrogen) atoms. The lowest BCUT2D eigenvalue weighted by atomic mass is 9.90. The second-order valence-corrected chi connectivity index (χ2v) is 22.1. The van der Waals surface area contributed by atoms with Crippen LogP contribution in [0.15, 0.2) is 156 Å². The van der Waals surface area contributed by atoms with Crippen molar-refractivity contribution >= 4 is 81.8 Å². The summed E-state index contributed by atoms with van der Waals surface area (Å²) in [5, 5.41) is 55.1. The van der Waals surface area contributed by atoms with Gasteiger partial charge in [-0.05, 0) is 111 Å². The number of nitrogens with two attached hydrogens (primary N) is 1. The molecule has 7 aromatic rings. The molecular formula is C65H65N3O15S2. The third-order valence-corrected chi connectivity index (χ3v) is 15.8. The first-order valence-electron chi connectivity index (χ1n) is 27.3. The number of carboxylic acids is 5. The van der Waals surface area contributed by atoms with Gasteiger partial charge in [-0.2, -0.15) is 0 Å². The average molecular weight is 1190 g/mol. The Bertz CT molecular complexity index is 3450. The quantitative estimate of drug-likeness (QED) is 0.0194. The molecule has 20 heteroatoms. The number of carbonyl (C=O) groups excluding carboxylic acids is 5. The molecule has 442 valence electrons. The maximum atomic E-state index is 13.3. The molecule has 5 aromatic carbocycles. The van der Waals surface area contributed by atoms with Crippen molar-refractivity contribution in [3.05, 3.63) is 179 Å². The van der Waals surface area contributed by atoms with Gasteiger partial charge in [0.2, 0.25) is 17.7 Å². The highest BCUT2D eigenvalue weighted by atomic mass is 32.1. The van der Waals surface area contributed by atoms with Gasteiger partial charge >= 0.3 is 29.8 Å². The number of hydrogen-bond donors (Lipinski definition) is 8. The maximum Gasteiger partial charge on any atom is 0.307 e. The highest BCUT2D eigenvalue weighted by molar-refractivity contribution is 7.14. The molecule has 2 heterocycles. The number of primary amides is 1. The Kier molecular flexibility index (Phi) is 24.7. The van der Waals surface area contributed by atoms with Gasteiger partial charge in [0, 0.05) is 54.2 Å². The number of carboxylic acid groups (broad SMARTS) is 5. The van der Waals surface area contributed by atoms with E-state index in [-0.39, 0.29) is 63.1 Å². The van der Waals surface area contributed by atoms with Crippen LogP contribution in [0.2, 0.25) is 0 Å². The number of aryl methyl sites for hydroxylation is 1. The average Bonchev–Trinajstić information content (AvgIpc) is 4.07. The molecule has 0 saturated carbocycles. The number of ketones is 2. The summed E-state index contributed by atoms with van der Waals surface area (Å²) in [5.41, 5.74) is 14.7. The number of nitrogens with one attached hydrogen (secondary N) is 2. The largest absolute Gasteiger partial charge is 0.481 e. The fraction of sp³-hybridized carbons (Fsp3) is 0.262. The van der Waals surface area contributed by atoms with Crippen LogP contribution in [0.25, 0.3) is 43.1 Å². The molecule has 0 radical (unpaired) electrons. The van der Waals surface area contributed by atoms with Crippen molar-refractivity contribution in [1.82, 2.24) is 10.6 Å². The van der Waals surface area contributed by atoms with Gasteiger partial charge in [-0.1, -0.05) is 133 Å². The summed E-state index contributed by atoms with van der Waals surface area (Å²) < 4.78 is 0. The summed E-state index contributed by atoms with van der Waals surface area (Å²) in [6.07, 6.45) is -2.23. The molecule has 3 amide bonds. The van der Waals surface area contributed by atoms with Crippen LogP contribution in [0, 0.1) is 11.8 Å². The van der Waals surface area contributed by atoms with Gasteiger partial charge in [-0.15, -0.1) is 22.7 Å². The minimum atomic E-state index is -1.33. The van der Waals surface area contributed by atoms with Crippen LogP contribution in [0.5, 0.6) is 0 Å². The molecule has 4 atom stereocenters. The van der Waals surface area contributed by atoms with E-state index in [9.17, 15) is 53.1 Å². The number of rotatable bonds is 32. The highest BCUT2D eigenvalue weighted by Gasteiger charge is 2.31. The number of carbonyl (C=O) groups is 10. The van der Waals surface area contributed by atoms with E-state index < -0.39 is 97.0 Å². The van der Waals surface area contributed by atoms with E-state index in [0.717, 1.165) is 37.6 Å². The second-order valence-electron chi connectivity index (χ2n) is 20.3. The lowest BCUT2D eigenvalue weighted by molar-refractivity contribution is -0.142. The number of thiophene rings is 2. The van der Waals surface area contributed by atoms with E-state index in [4.69, 9.17) is 26.2 Å². The van der Waals surface area contributed by atoms with Crippen molar-refractivity contribution in [2.45, 2.75) is 95.6 Å². The molecule has 18 nitrogen and oxygen atoms in total. The minimum Gasteiger partial charge on any atom is -0.481 e. The topological polar surface area (TPSA) is 322 Å². The first-order chi connectivity index (χ1) is 40.7. The third kappa shape index (κ3) is 21.7. The van der Waals surface area contributed by atoms with E-state index >= 15 is 0 Å². The Morgan fingerprint density at radius 2 is 0.894 bits per heavy atom. The summed E-state index contributed by atoms with van der Waals surface area (Å²) >= 11 is 3.26. The van der Waals surface area contributed by atoms with Crippen molar-refractivity contribution < 1.29 is 73.5 Å². The van der Waals surface area contributed by atoms with E-state index in [1.165, 1.54) is 11.1 Å². The Labute approximate surface area is 498 Å². The molecule has 2 aromatic heterocycles. The van der Waals surface area contributed by atoms with Gasteiger partial charge in [-0.3, -0.25) is 47.9 Å². The lowest BCUT2D eigenvalue weighted by Gasteiger charge is -2.22. The third-order valence-electron chi connectivity index (χ3n) is 13.8. The van der Waals surface area contributed by atoms with Crippen LogP contribution in [-0.4, -0.2) is 96.8 Å². The van der Waals surface area contributed by atoms with Crippen LogP contribution in [0.3, 0.4) is 0 Å². The summed E-state index contributed by atoms with van der Waals surface area (Å²) in [5.74, 6) is -10.9. The number of Topliss-reactive ketones (excluding diaryl/α,β-unsaturated/α-hetero) is 2. The van der Waals surface area contributed by atoms with E-state index in [1.807, 2.05) is 84.9 Å². The van der Waals surface area contributed by atoms with Gasteiger partial charge in [0.05, 0.1) is 30.8 Å². The molecule has 0 spiro atoms. The van der Waals surface area contributed by atoms with Gasteiger partial charge in [0.15, 0.2) is 11.6 Å². The lowest BCUT2D eigenvalue weighted by Crippen LogP contribution is -2.46. The fourth-order valence-corrected chi connectivity index (χ4v) is 11.1. The number of aliphatic carboxylic acids is 5. The van der Waals surface area contributed by atoms with Crippen molar-refractivity contribution in [3.8, 4) is 43.1 Å². The number of benzene rings is 5. The summed E-state index contributed by atoms with van der Waals surface area (Å²) in [6, 6.07) is 44.2. The zero-order valence-corrected chi connectivity index (χ0v) is 47.9. The molecule has 0 fully saturated rings. The van der Waals surface area contributed by atoms with Gasteiger partial charge < -0.3 is 41.9 Å². The maximum absolute atomic E-state index is 13.3. The van der Waals surface area contributed by atoms with E-state index in [1.54, 1.807) is 59.1 Å². The Balaban J connectivity index is 0.000000273. The summed E-state index contributed by atoms with van der Waals surface area (Å²) in [6.45, 7) is 0. The van der Waals surface area contributed by atoms with Gasteiger partial charge in [0.25, 0.3) is 0 Å². The predicted octanol–water partition coefficient (Wildman–Crippen LogP) is 9.79. The molecule has 0 unspecified atom stereocenters. The summed E-state index contributed by atoms with van der Waals surface area (Å²) in [7, 11) is 0. The number of amides is 3. The van der Waals surface area contributed by atoms with Crippen molar-refractivity contribution in [3.63, 3.8) is 0 Å². The normalized spacial score (nSPS) is 12.2. The zero-order valence-electron chi connectivity index (χ0n) is 46.2. The smallest absolute Gasteiger partial charge is 0.307 e. The molecule has 0 bridgehead atoms. The van der Waals surface area contributed by atoms with Crippen LogP contribution < -0.4 is 16.4 Å². The SMILES string of the molecule is NC(=O)[C@H](CCC(=O)O)CC(=O)[C@H](CCC(=O)O)NC(=O)[C@@H](CC(=O)O)Cc1ccc(-c2cc(-c3ccccc3)cs2)cc1.O=C(O)CC[C@H](NC(=O)CCc1ccc(-c2cc(-c3ccccc3)cs2)cc1)C(=O)Cc1cccc(CC(=O)O)c1. The first kappa shape index (κ1) is 64.8. The Morgan fingerprint density at radius 1 is 0.412 bits per heavy atom. The van der Waals surface area contributed by atoms with Gasteiger partial charge in [-0.25, -0.2) is 0 Å². The highest BCUT2D eigenvalue weighted by Crippen LogP contribution is 2.34. The zero-order chi connectivity index (χ0) is 61.4. The molecule has 0 saturated heterocycles. The van der Waals surface area contributed by atoms with Crippen LogP contribution in [-0.2, 0) is 73.6 Å². The van der Waals surface area contributed by atoms with Crippen LogP contribution in [0.4, 0.5) is 0 Å². The Morgan fingerprint density at radius 3 is 1.38 bits per heavy atom. The standard InChI is InChI=1S/C33H31NO6S.C32H34N2O9S/c35-29(18-23-5-4-6-24(17-23)19-33(39)40)28(14-16-32(37)38)34-31(36)15-11-22-9-12-26(13-10-22)30-20-27(21-41-30)25-7-2-1-3-8-25;33-31(42)22(10-12-28(36)37)15-26(35)25(11-13-29(38)39)34-32(43)23(17-30(40)41)14-19-6-8-21(9-7-19)27-16-24(18-44-27)20-4-2-1-3-5-20/h1-10,12-13,17,20-21,28H,11,14-16,18-19H2,(H,34,36)(H,37,38)(H,39,40);1-9,16,18,22-23,25H,10-15,17H2,(H2,33,42)(H,34,43)(H,36,37)(H,38,39)(H,40,41)/t28-;22-,23-,25+/m01/s1. The Hall–Kier alpha value is -9.40. The van der Waals surface area contributed by atoms with Crippen LogP contribution >= 0.6 is 22.7 Å². The molecule has 9 N–H and O–H groups in total. The predicted molar refractivity (Wildman–Crippen MR) is 321 cm³/mol. The first-order valence-corrected chi connectivity index (χ1v) is 29.0. The van der Waals surface area contributed by atoms with E-state index in [0.29, 0.717) is 23.1 Å². The minimum absolute atomic E-state index is 0.0186. The molecule has 7 rings (SSSR count). The molecule has 0 aliphatic rings. The van der Waals surface area contributed by atoms with Crippen molar-refractivity contribution in [2.75, 3.05) is 0 Å². The number of hydrogen-bond acceptors (Lipinski definition) is 12. The van der Waals surface area contributed by atoms with Gasteiger partial charge in [0.1, 0.15) is 0 Å². The fourth-order valence-electron chi connectivity index (χ4n) is 9.29. The molecule has 0 aliphatic carbocycles. The second kappa shape index (κ2) is 32.4. The van der Waals surface area contributed by atoms with Crippen LogP contribution in [0.1, 0.15) is 80.0 Å². The monoisotopic (exact) mass is 1190 g/mol. The van der Waals surface area contributed by atoms with Crippen molar-refractivity contribution in [2.24, 2.45) is 17.6 Å². The molecule has 0 aliphatic heterocycles. The van der Waals surface area contributed by atoms with Crippen molar-refractivity contribution in [1.29, 1.82) is 0 Å².